The molecule has 1 saturated carbocycles. The zero-order valence-corrected chi connectivity index (χ0v) is 8.08. The predicted octanol–water partition coefficient (Wildman–Crippen LogP) is 1.10. The van der Waals surface area contributed by atoms with Crippen LogP contribution >= 0.6 is 0 Å². The van der Waals surface area contributed by atoms with E-state index in [1.54, 1.807) is 0 Å². The molecule has 2 nitrogen and oxygen atoms in total. The zero-order valence-electron chi connectivity index (χ0n) is 8.08. The SMILES string of the molecule is CC(C)N1CC2(CC(CO)C2)C1. The standard InChI is InChI=1S/C10H19NO/c1-8(2)11-6-10(7-11)3-9(4-10)5-12/h8-9,12H,3-7H2,1-2H3. The van der Waals surface area contributed by atoms with Gasteiger partial charge in [0.05, 0.1) is 0 Å². The van der Waals surface area contributed by atoms with Crippen LogP contribution in [0, 0.1) is 11.3 Å². The van der Waals surface area contributed by atoms with Crippen molar-refractivity contribution in [2.75, 3.05) is 19.7 Å². The average molecular weight is 169 g/mol. The van der Waals surface area contributed by atoms with Crippen LogP contribution in [-0.2, 0) is 0 Å². The maximum atomic E-state index is 8.90. The molecule has 1 saturated heterocycles. The fourth-order valence-corrected chi connectivity index (χ4v) is 2.73. The van der Waals surface area contributed by atoms with E-state index in [1.165, 1.54) is 25.9 Å². The molecule has 2 heteroatoms. The summed E-state index contributed by atoms with van der Waals surface area (Å²) in [5.74, 6) is 0.624. The molecular weight excluding hydrogens is 150 g/mol. The van der Waals surface area contributed by atoms with Crippen LogP contribution in [-0.4, -0.2) is 35.7 Å². The number of rotatable bonds is 2. The lowest BCUT2D eigenvalue weighted by Gasteiger charge is -2.60. The maximum absolute atomic E-state index is 8.90. The van der Waals surface area contributed by atoms with Crippen molar-refractivity contribution in [2.45, 2.75) is 32.7 Å². The molecule has 0 aromatic rings. The van der Waals surface area contributed by atoms with Crippen molar-refractivity contribution in [3.8, 4) is 0 Å². The van der Waals surface area contributed by atoms with Crippen LogP contribution < -0.4 is 0 Å². The molecule has 2 aliphatic rings. The minimum Gasteiger partial charge on any atom is -0.396 e. The lowest BCUT2D eigenvalue weighted by atomic mass is 9.58. The van der Waals surface area contributed by atoms with Gasteiger partial charge in [0.15, 0.2) is 0 Å². The van der Waals surface area contributed by atoms with Gasteiger partial charge in [-0.2, -0.15) is 0 Å². The normalized spacial score (nSPS) is 29.0. The Labute approximate surface area is 74.6 Å². The Hall–Kier alpha value is -0.0800. The van der Waals surface area contributed by atoms with E-state index in [4.69, 9.17) is 5.11 Å². The second-order valence-electron chi connectivity index (χ2n) is 4.96. The third kappa shape index (κ3) is 1.17. The van der Waals surface area contributed by atoms with Gasteiger partial charge >= 0.3 is 0 Å². The summed E-state index contributed by atoms with van der Waals surface area (Å²) < 4.78 is 0. The van der Waals surface area contributed by atoms with Gasteiger partial charge in [0, 0.05) is 25.7 Å². The molecule has 2 fully saturated rings. The van der Waals surface area contributed by atoms with Crippen LogP contribution in [0.15, 0.2) is 0 Å². The summed E-state index contributed by atoms with van der Waals surface area (Å²) in [6.07, 6.45) is 2.54. The van der Waals surface area contributed by atoms with Gasteiger partial charge in [0.1, 0.15) is 0 Å². The van der Waals surface area contributed by atoms with E-state index in [1.807, 2.05) is 0 Å². The monoisotopic (exact) mass is 169 g/mol. The fraction of sp³-hybridized carbons (Fsp3) is 1.00. The molecule has 0 bridgehead atoms. The Morgan fingerprint density at radius 2 is 2.00 bits per heavy atom. The summed E-state index contributed by atoms with van der Waals surface area (Å²) in [6.45, 7) is 7.48. The molecule has 12 heavy (non-hydrogen) atoms. The fourth-order valence-electron chi connectivity index (χ4n) is 2.73. The zero-order chi connectivity index (χ0) is 8.77. The van der Waals surface area contributed by atoms with E-state index < -0.39 is 0 Å². The molecule has 0 unspecified atom stereocenters. The lowest BCUT2D eigenvalue weighted by Crippen LogP contribution is -2.64. The molecule has 0 aromatic carbocycles. The van der Waals surface area contributed by atoms with E-state index in [0.29, 0.717) is 24.0 Å². The molecule has 1 spiro atoms. The number of hydrogen-bond donors (Lipinski definition) is 1. The first-order chi connectivity index (χ1) is 5.65. The number of nitrogens with zero attached hydrogens (tertiary/aromatic N) is 1. The van der Waals surface area contributed by atoms with Gasteiger partial charge in [-0.05, 0) is 38.0 Å². The van der Waals surface area contributed by atoms with Gasteiger partial charge < -0.3 is 5.11 Å². The van der Waals surface area contributed by atoms with Crippen LogP contribution in [0.3, 0.4) is 0 Å². The Balaban J connectivity index is 1.75. The smallest absolute Gasteiger partial charge is 0.0459 e. The average Bonchev–Trinajstić information content (AvgIpc) is 1.81. The minimum atomic E-state index is 0.406. The van der Waals surface area contributed by atoms with Crippen molar-refractivity contribution in [3.05, 3.63) is 0 Å². The molecule has 0 radical (unpaired) electrons. The molecule has 1 aliphatic heterocycles. The molecule has 0 amide bonds. The second kappa shape index (κ2) is 2.71. The van der Waals surface area contributed by atoms with Crippen LogP contribution in [0.5, 0.6) is 0 Å². The largest absolute Gasteiger partial charge is 0.396 e. The summed E-state index contributed by atoms with van der Waals surface area (Å²) in [6, 6.07) is 0.712. The Kier molecular flexibility index (Phi) is 1.92. The van der Waals surface area contributed by atoms with Gasteiger partial charge in [0.2, 0.25) is 0 Å². The van der Waals surface area contributed by atoms with E-state index in [2.05, 4.69) is 18.7 Å². The highest BCUT2D eigenvalue weighted by Crippen LogP contribution is 2.51. The van der Waals surface area contributed by atoms with E-state index in [-0.39, 0.29) is 0 Å². The Morgan fingerprint density at radius 1 is 1.42 bits per heavy atom. The Morgan fingerprint density at radius 3 is 2.42 bits per heavy atom. The summed E-state index contributed by atoms with van der Waals surface area (Å²) >= 11 is 0. The first kappa shape index (κ1) is 8.52. The van der Waals surface area contributed by atoms with Gasteiger partial charge in [-0.1, -0.05) is 0 Å². The molecule has 2 rings (SSSR count). The van der Waals surface area contributed by atoms with Crippen molar-refractivity contribution in [2.24, 2.45) is 11.3 Å². The summed E-state index contributed by atoms with van der Waals surface area (Å²) in [4.78, 5) is 2.52. The summed E-state index contributed by atoms with van der Waals surface area (Å²) in [7, 11) is 0. The molecule has 1 heterocycles. The van der Waals surface area contributed by atoms with E-state index in [0.717, 1.165) is 0 Å². The van der Waals surface area contributed by atoms with Crippen molar-refractivity contribution in [3.63, 3.8) is 0 Å². The van der Waals surface area contributed by atoms with Gasteiger partial charge in [-0.3, -0.25) is 4.90 Å². The quantitative estimate of drug-likeness (QED) is 0.669. The van der Waals surface area contributed by atoms with Crippen LogP contribution in [0.4, 0.5) is 0 Å². The molecule has 1 N–H and O–H groups in total. The Bertz CT molecular complexity index is 165. The third-order valence-corrected chi connectivity index (χ3v) is 3.51. The molecule has 1 aliphatic carbocycles. The molecule has 70 valence electrons. The number of likely N-dealkylation sites (tertiary alicyclic amines) is 1. The van der Waals surface area contributed by atoms with Gasteiger partial charge in [-0.25, -0.2) is 0 Å². The van der Waals surface area contributed by atoms with Crippen LogP contribution in [0.25, 0.3) is 0 Å². The van der Waals surface area contributed by atoms with Crippen LogP contribution in [0.2, 0.25) is 0 Å². The van der Waals surface area contributed by atoms with Crippen molar-refractivity contribution in [1.82, 2.24) is 4.90 Å². The van der Waals surface area contributed by atoms with Crippen molar-refractivity contribution >= 4 is 0 Å². The molecule has 0 atom stereocenters. The summed E-state index contributed by atoms with van der Waals surface area (Å²) in [5, 5.41) is 8.90. The van der Waals surface area contributed by atoms with E-state index >= 15 is 0 Å². The molecular formula is C10H19NO. The number of aliphatic hydroxyl groups excluding tert-OH is 1. The van der Waals surface area contributed by atoms with Crippen molar-refractivity contribution in [1.29, 1.82) is 0 Å². The van der Waals surface area contributed by atoms with Crippen molar-refractivity contribution < 1.29 is 5.11 Å². The predicted molar refractivity (Wildman–Crippen MR) is 49.0 cm³/mol. The van der Waals surface area contributed by atoms with Gasteiger partial charge in [-0.15, -0.1) is 0 Å². The van der Waals surface area contributed by atoms with E-state index in [9.17, 15) is 0 Å². The summed E-state index contributed by atoms with van der Waals surface area (Å²) in [5.41, 5.74) is 0.637. The number of hydrogen-bond acceptors (Lipinski definition) is 2. The highest BCUT2D eigenvalue weighted by atomic mass is 16.3. The minimum absolute atomic E-state index is 0.406. The first-order valence-electron chi connectivity index (χ1n) is 5.00. The lowest BCUT2D eigenvalue weighted by molar-refractivity contribution is -0.117. The highest BCUT2D eigenvalue weighted by Gasteiger charge is 2.52. The van der Waals surface area contributed by atoms with Crippen LogP contribution in [0.1, 0.15) is 26.7 Å². The van der Waals surface area contributed by atoms with Gasteiger partial charge in [0.25, 0.3) is 0 Å². The highest BCUT2D eigenvalue weighted by molar-refractivity contribution is 5.04. The number of aliphatic hydroxyl groups is 1. The molecule has 0 aromatic heterocycles. The maximum Gasteiger partial charge on any atom is 0.0459 e. The topological polar surface area (TPSA) is 23.5 Å². The third-order valence-electron chi connectivity index (χ3n) is 3.51. The first-order valence-corrected chi connectivity index (χ1v) is 5.00. The second-order valence-corrected chi connectivity index (χ2v) is 4.96.